The predicted molar refractivity (Wildman–Crippen MR) is 79.0 cm³/mol. The lowest BCUT2D eigenvalue weighted by molar-refractivity contribution is 1.17. The Bertz CT molecular complexity index is 507. The van der Waals surface area contributed by atoms with Crippen LogP contribution in [0.2, 0.25) is 4.34 Å². The Morgan fingerprint density at radius 2 is 2.00 bits per heavy atom. The Hall–Kier alpha value is 0.170. The number of halogens is 3. The molecule has 1 aromatic carbocycles. The van der Waals surface area contributed by atoms with Gasteiger partial charge >= 0.3 is 0 Å². The molecule has 1 heterocycles. The van der Waals surface area contributed by atoms with E-state index in [1.807, 2.05) is 6.07 Å². The second kappa shape index (κ2) is 5.21. The third kappa shape index (κ3) is 2.53. The van der Waals surface area contributed by atoms with Gasteiger partial charge in [0.1, 0.15) is 0 Å². The molecule has 0 saturated carbocycles. The van der Waals surface area contributed by atoms with Crippen molar-refractivity contribution in [2.24, 2.45) is 0 Å². The van der Waals surface area contributed by atoms with E-state index < -0.39 is 0 Å². The van der Waals surface area contributed by atoms with Gasteiger partial charge in [-0.3, -0.25) is 0 Å². The van der Waals surface area contributed by atoms with Crippen molar-refractivity contribution in [1.29, 1.82) is 0 Å². The first-order valence-corrected chi connectivity index (χ1v) is 7.64. The minimum absolute atomic E-state index is 0.211. The Kier molecular flexibility index (Phi) is 4.11. The molecule has 0 saturated heterocycles. The van der Waals surface area contributed by atoms with Crippen molar-refractivity contribution in [1.82, 2.24) is 0 Å². The fourth-order valence-electron chi connectivity index (χ4n) is 1.52. The van der Waals surface area contributed by atoms with Crippen LogP contribution in [0.3, 0.4) is 0 Å². The molecule has 0 bridgehead atoms. The van der Waals surface area contributed by atoms with E-state index >= 15 is 0 Å². The third-order valence-corrected chi connectivity index (χ3v) is 5.87. The van der Waals surface area contributed by atoms with Crippen molar-refractivity contribution in [2.45, 2.75) is 11.8 Å². The lowest BCUT2D eigenvalue weighted by Gasteiger charge is -2.12. The highest BCUT2D eigenvalue weighted by Gasteiger charge is 2.15. The van der Waals surface area contributed by atoms with Crippen LogP contribution in [0.5, 0.6) is 0 Å². The van der Waals surface area contributed by atoms with Gasteiger partial charge in [-0.1, -0.05) is 55.6 Å². The normalized spacial score (nSPS) is 12.8. The van der Waals surface area contributed by atoms with Gasteiger partial charge in [-0.25, -0.2) is 0 Å². The Labute approximate surface area is 121 Å². The van der Waals surface area contributed by atoms with Gasteiger partial charge in [0, 0.05) is 9.35 Å². The van der Waals surface area contributed by atoms with Gasteiger partial charge in [0.05, 0.1) is 9.16 Å². The van der Waals surface area contributed by atoms with Crippen molar-refractivity contribution < 1.29 is 0 Å². The number of thiophene rings is 1. The van der Waals surface area contributed by atoms with Crippen LogP contribution in [0.1, 0.15) is 20.8 Å². The molecule has 1 aromatic heterocycles. The summed E-state index contributed by atoms with van der Waals surface area (Å²) >= 11 is 14.8. The van der Waals surface area contributed by atoms with E-state index in [0.29, 0.717) is 0 Å². The second-order valence-corrected chi connectivity index (χ2v) is 6.98. The Balaban J connectivity index is 2.41. The van der Waals surface area contributed by atoms with Gasteiger partial charge in [0.25, 0.3) is 0 Å². The summed E-state index contributed by atoms with van der Waals surface area (Å²) in [6, 6.07) is 10.2. The monoisotopic (exact) mass is 378 g/mol. The quantitative estimate of drug-likeness (QED) is 0.564. The SMILES string of the molecule is Cc1c(Br)cccc1C(Br)c1ccc(Cl)s1. The van der Waals surface area contributed by atoms with E-state index in [-0.39, 0.29) is 4.83 Å². The van der Waals surface area contributed by atoms with Crippen LogP contribution in [0, 0.1) is 6.92 Å². The molecule has 0 amide bonds. The topological polar surface area (TPSA) is 0 Å². The summed E-state index contributed by atoms with van der Waals surface area (Å²) in [4.78, 5) is 1.44. The predicted octanol–water partition coefficient (Wildman–Crippen LogP) is 5.96. The van der Waals surface area contributed by atoms with Gasteiger partial charge in [0.2, 0.25) is 0 Å². The molecule has 2 aromatic rings. The smallest absolute Gasteiger partial charge is 0.0931 e. The van der Waals surface area contributed by atoms with Crippen LogP contribution in [-0.4, -0.2) is 0 Å². The van der Waals surface area contributed by atoms with E-state index in [1.165, 1.54) is 16.0 Å². The van der Waals surface area contributed by atoms with Gasteiger partial charge in [-0.2, -0.15) is 0 Å². The molecule has 0 aliphatic rings. The molecule has 1 atom stereocenters. The van der Waals surface area contributed by atoms with Crippen molar-refractivity contribution in [2.75, 3.05) is 0 Å². The largest absolute Gasteiger partial charge is 0.127 e. The maximum absolute atomic E-state index is 5.95. The van der Waals surface area contributed by atoms with E-state index in [9.17, 15) is 0 Å². The van der Waals surface area contributed by atoms with E-state index in [1.54, 1.807) is 11.3 Å². The molecule has 0 fully saturated rings. The summed E-state index contributed by atoms with van der Waals surface area (Å²) in [6.45, 7) is 2.11. The molecule has 0 aliphatic carbocycles. The number of alkyl halides is 1. The van der Waals surface area contributed by atoms with Gasteiger partial charge in [0.15, 0.2) is 0 Å². The van der Waals surface area contributed by atoms with Crippen molar-refractivity contribution in [3.8, 4) is 0 Å². The molecule has 1 unspecified atom stereocenters. The van der Waals surface area contributed by atoms with E-state index in [2.05, 4.69) is 63.0 Å². The van der Waals surface area contributed by atoms with E-state index in [0.717, 1.165) is 8.81 Å². The first-order valence-electron chi connectivity index (χ1n) is 4.74. The molecule has 0 spiro atoms. The van der Waals surface area contributed by atoms with Crippen molar-refractivity contribution in [3.05, 3.63) is 55.1 Å². The zero-order chi connectivity index (χ0) is 11.7. The zero-order valence-corrected chi connectivity index (χ0v) is 13.3. The number of benzene rings is 1. The number of hydrogen-bond donors (Lipinski definition) is 0. The average Bonchev–Trinajstić information content (AvgIpc) is 2.68. The average molecular weight is 381 g/mol. The lowest BCUT2D eigenvalue weighted by atomic mass is 10.1. The van der Waals surface area contributed by atoms with Crippen LogP contribution in [-0.2, 0) is 0 Å². The summed E-state index contributed by atoms with van der Waals surface area (Å²) in [5.41, 5.74) is 2.53. The first kappa shape index (κ1) is 12.6. The van der Waals surface area contributed by atoms with Crippen LogP contribution in [0.15, 0.2) is 34.8 Å². The molecule has 16 heavy (non-hydrogen) atoms. The molecular weight excluding hydrogens is 371 g/mol. The molecule has 4 heteroatoms. The Morgan fingerprint density at radius 1 is 1.25 bits per heavy atom. The number of rotatable bonds is 2. The summed E-state index contributed by atoms with van der Waals surface area (Å²) < 4.78 is 1.96. The van der Waals surface area contributed by atoms with Crippen molar-refractivity contribution >= 4 is 54.8 Å². The maximum atomic E-state index is 5.95. The van der Waals surface area contributed by atoms with E-state index in [4.69, 9.17) is 11.6 Å². The molecule has 0 aliphatic heterocycles. The van der Waals surface area contributed by atoms with Crippen LogP contribution >= 0.6 is 54.8 Å². The number of hydrogen-bond acceptors (Lipinski definition) is 1. The highest BCUT2D eigenvalue weighted by Crippen LogP contribution is 2.39. The summed E-state index contributed by atoms with van der Waals surface area (Å²) in [5, 5.41) is 0. The fourth-order valence-corrected chi connectivity index (χ4v) is 3.89. The molecule has 0 radical (unpaired) electrons. The second-order valence-electron chi connectivity index (χ2n) is 3.46. The lowest BCUT2D eigenvalue weighted by Crippen LogP contribution is -1.93. The van der Waals surface area contributed by atoms with Crippen LogP contribution in [0.4, 0.5) is 0 Å². The standard InChI is InChI=1S/C12H9Br2ClS/c1-7-8(3-2-4-9(7)13)12(14)10-5-6-11(15)16-10/h2-6,12H,1H3. The molecule has 84 valence electrons. The van der Waals surface area contributed by atoms with Gasteiger partial charge < -0.3 is 0 Å². The summed E-state index contributed by atoms with van der Waals surface area (Å²) in [7, 11) is 0. The van der Waals surface area contributed by atoms with Crippen LogP contribution < -0.4 is 0 Å². The van der Waals surface area contributed by atoms with Crippen LogP contribution in [0.25, 0.3) is 0 Å². The molecule has 0 nitrogen and oxygen atoms in total. The van der Waals surface area contributed by atoms with Gasteiger partial charge in [-0.15, -0.1) is 11.3 Å². The fraction of sp³-hybridized carbons (Fsp3) is 0.167. The maximum Gasteiger partial charge on any atom is 0.0931 e. The summed E-state index contributed by atoms with van der Waals surface area (Å²) in [6.07, 6.45) is 0. The highest BCUT2D eigenvalue weighted by atomic mass is 79.9. The Morgan fingerprint density at radius 3 is 2.62 bits per heavy atom. The summed E-state index contributed by atoms with van der Waals surface area (Å²) in [5.74, 6) is 0. The van der Waals surface area contributed by atoms with Crippen molar-refractivity contribution in [3.63, 3.8) is 0 Å². The van der Waals surface area contributed by atoms with Gasteiger partial charge in [-0.05, 0) is 36.2 Å². The minimum Gasteiger partial charge on any atom is -0.127 e. The first-order chi connectivity index (χ1) is 7.59. The third-order valence-electron chi connectivity index (χ3n) is 2.43. The minimum atomic E-state index is 0.211. The molecule has 0 N–H and O–H groups in total. The molecule has 2 rings (SSSR count). The zero-order valence-electron chi connectivity index (χ0n) is 8.51. The highest BCUT2D eigenvalue weighted by molar-refractivity contribution is 9.10. The molecular formula is C12H9Br2ClS.